The fourth-order valence-corrected chi connectivity index (χ4v) is 2.44. The van der Waals surface area contributed by atoms with Gasteiger partial charge in [0.15, 0.2) is 5.96 Å². The molecule has 0 aromatic carbocycles. The molecule has 0 radical (unpaired) electrons. The van der Waals surface area contributed by atoms with Crippen LogP contribution in [0.5, 0.6) is 0 Å². The number of carbonyl (C=O) groups excluding carboxylic acids is 1. The number of nitrogens with zero attached hydrogens (tertiary/aromatic N) is 3. The summed E-state index contributed by atoms with van der Waals surface area (Å²) in [7, 11) is 2.78. The van der Waals surface area contributed by atoms with Gasteiger partial charge >= 0.3 is 6.18 Å². The van der Waals surface area contributed by atoms with Crippen molar-refractivity contribution >= 4 is 35.8 Å². The number of alkyl halides is 3. The van der Waals surface area contributed by atoms with Crippen LogP contribution in [0.15, 0.2) is 4.99 Å². The summed E-state index contributed by atoms with van der Waals surface area (Å²) in [5.41, 5.74) is 0. The van der Waals surface area contributed by atoms with Crippen LogP contribution in [0.2, 0.25) is 0 Å². The molecule has 0 spiro atoms. The van der Waals surface area contributed by atoms with Gasteiger partial charge in [-0.15, -0.1) is 24.0 Å². The van der Waals surface area contributed by atoms with E-state index in [1.165, 1.54) is 0 Å². The van der Waals surface area contributed by atoms with E-state index in [1.54, 1.807) is 7.11 Å². The fraction of sp³-hybridized carbons (Fsp3) is 0.857. The van der Waals surface area contributed by atoms with Crippen molar-refractivity contribution in [2.45, 2.75) is 19.5 Å². The van der Waals surface area contributed by atoms with Gasteiger partial charge in [-0.2, -0.15) is 13.2 Å². The number of carbonyl (C=O) groups is 1. The molecular formula is C14H26F3IN4O2. The number of rotatable bonds is 6. The maximum atomic E-state index is 12.3. The van der Waals surface area contributed by atoms with Gasteiger partial charge in [0.2, 0.25) is 5.91 Å². The second kappa shape index (κ2) is 11.0. The average Bonchev–Trinajstić information content (AvgIpc) is 2.90. The Balaban J connectivity index is 0.00000529. The predicted octanol–water partition coefficient (Wildman–Crippen LogP) is 1.56. The maximum absolute atomic E-state index is 12.3. The van der Waals surface area contributed by atoms with Gasteiger partial charge in [-0.3, -0.25) is 4.79 Å². The third-order valence-corrected chi connectivity index (χ3v) is 3.53. The number of likely N-dealkylation sites (tertiary alicyclic amines) is 1. The van der Waals surface area contributed by atoms with Crippen LogP contribution < -0.4 is 5.32 Å². The number of amides is 1. The third kappa shape index (κ3) is 8.36. The molecular weight excluding hydrogens is 440 g/mol. The van der Waals surface area contributed by atoms with E-state index < -0.39 is 18.6 Å². The molecule has 24 heavy (non-hydrogen) atoms. The number of hydrogen-bond acceptors (Lipinski definition) is 3. The van der Waals surface area contributed by atoms with Crippen LogP contribution in [0.1, 0.15) is 13.3 Å². The molecule has 1 amide bonds. The fourth-order valence-electron chi connectivity index (χ4n) is 2.44. The van der Waals surface area contributed by atoms with Crippen LogP contribution in [0, 0.1) is 5.92 Å². The summed E-state index contributed by atoms with van der Waals surface area (Å²) in [6.07, 6.45) is -3.44. The minimum atomic E-state index is -4.40. The van der Waals surface area contributed by atoms with Crippen molar-refractivity contribution in [3.8, 4) is 0 Å². The quantitative estimate of drug-likeness (QED) is 0.367. The van der Waals surface area contributed by atoms with Crippen molar-refractivity contribution in [2.24, 2.45) is 10.9 Å². The Morgan fingerprint density at radius 1 is 1.46 bits per heavy atom. The number of nitrogens with one attached hydrogen (secondary N) is 1. The summed E-state index contributed by atoms with van der Waals surface area (Å²) in [5, 5.41) is 3.07. The number of ether oxygens (including phenoxy) is 1. The molecule has 1 N–H and O–H groups in total. The van der Waals surface area contributed by atoms with Crippen LogP contribution in [0.4, 0.5) is 13.2 Å². The van der Waals surface area contributed by atoms with E-state index in [2.05, 4.69) is 10.3 Å². The number of hydrogen-bond donors (Lipinski definition) is 1. The van der Waals surface area contributed by atoms with E-state index >= 15 is 0 Å². The Hall–Kier alpha value is -0.780. The number of methoxy groups -OCH3 is 1. The highest BCUT2D eigenvalue weighted by atomic mass is 127. The van der Waals surface area contributed by atoms with Crippen LogP contribution in [-0.2, 0) is 9.53 Å². The normalized spacial score (nSPS) is 18.3. The molecule has 10 heteroatoms. The summed E-state index contributed by atoms with van der Waals surface area (Å²) in [4.78, 5) is 18.6. The van der Waals surface area contributed by atoms with Crippen molar-refractivity contribution in [3.05, 3.63) is 0 Å². The summed E-state index contributed by atoms with van der Waals surface area (Å²) in [6.45, 7) is 3.15. The Kier molecular flexibility index (Phi) is 10.6. The molecule has 0 aromatic rings. The highest BCUT2D eigenvalue weighted by Crippen LogP contribution is 2.17. The predicted molar refractivity (Wildman–Crippen MR) is 96.6 cm³/mol. The van der Waals surface area contributed by atoms with Crippen molar-refractivity contribution in [1.82, 2.24) is 15.1 Å². The minimum absolute atomic E-state index is 0. The first-order valence-corrected chi connectivity index (χ1v) is 7.59. The molecule has 0 aliphatic carbocycles. The van der Waals surface area contributed by atoms with E-state index in [0.29, 0.717) is 29.9 Å². The number of aliphatic imine (C=N–C) groups is 1. The largest absolute Gasteiger partial charge is 0.406 e. The van der Waals surface area contributed by atoms with Gasteiger partial charge in [0.05, 0.1) is 6.61 Å². The molecule has 0 bridgehead atoms. The maximum Gasteiger partial charge on any atom is 0.406 e. The van der Waals surface area contributed by atoms with Crippen molar-refractivity contribution in [3.63, 3.8) is 0 Å². The second-order valence-corrected chi connectivity index (χ2v) is 5.59. The second-order valence-electron chi connectivity index (χ2n) is 5.59. The molecule has 1 atom stereocenters. The molecule has 6 nitrogen and oxygen atoms in total. The van der Waals surface area contributed by atoms with Crippen molar-refractivity contribution < 1.29 is 22.7 Å². The summed E-state index contributed by atoms with van der Waals surface area (Å²) in [5.74, 6) is 0.290. The lowest BCUT2D eigenvalue weighted by Gasteiger charge is -2.22. The standard InChI is InChI=1S/C14H25F3N4O2.HI/c1-4-18-13(21-6-5-11(8-21)9-23-3)19-7-12(22)20(2)10-14(15,16)17;/h11H,4-10H2,1-3H3,(H,18,19);1H. The van der Waals surface area contributed by atoms with Crippen molar-refractivity contribution in [1.29, 1.82) is 0 Å². The zero-order valence-corrected chi connectivity index (χ0v) is 16.6. The van der Waals surface area contributed by atoms with E-state index in [1.807, 2.05) is 11.8 Å². The Bertz CT molecular complexity index is 421. The number of guanidine groups is 1. The molecule has 1 saturated heterocycles. The smallest absolute Gasteiger partial charge is 0.384 e. The van der Waals surface area contributed by atoms with Gasteiger partial charge in [0.25, 0.3) is 0 Å². The summed E-state index contributed by atoms with van der Waals surface area (Å²) < 4.78 is 42.0. The monoisotopic (exact) mass is 466 g/mol. The summed E-state index contributed by atoms with van der Waals surface area (Å²) >= 11 is 0. The van der Waals surface area contributed by atoms with E-state index in [0.717, 1.165) is 26.6 Å². The molecule has 0 aromatic heterocycles. The van der Waals surface area contributed by atoms with Gasteiger partial charge in [-0.1, -0.05) is 0 Å². The van der Waals surface area contributed by atoms with Gasteiger partial charge in [-0.05, 0) is 13.3 Å². The zero-order valence-electron chi connectivity index (χ0n) is 14.2. The van der Waals surface area contributed by atoms with E-state index in [9.17, 15) is 18.0 Å². The van der Waals surface area contributed by atoms with Gasteiger partial charge in [0, 0.05) is 39.7 Å². The van der Waals surface area contributed by atoms with Gasteiger partial charge < -0.3 is 19.9 Å². The molecule has 142 valence electrons. The highest BCUT2D eigenvalue weighted by molar-refractivity contribution is 14.0. The SMILES string of the molecule is CCNC(=NCC(=O)N(C)CC(F)(F)F)N1CCC(COC)C1.I. The van der Waals surface area contributed by atoms with Gasteiger partial charge in [-0.25, -0.2) is 4.99 Å². The molecule has 0 saturated carbocycles. The van der Waals surface area contributed by atoms with Crippen LogP contribution in [-0.4, -0.2) is 81.3 Å². The zero-order chi connectivity index (χ0) is 17.5. The topological polar surface area (TPSA) is 57.2 Å². The Morgan fingerprint density at radius 3 is 2.67 bits per heavy atom. The minimum Gasteiger partial charge on any atom is -0.384 e. The van der Waals surface area contributed by atoms with Crippen LogP contribution in [0.25, 0.3) is 0 Å². The van der Waals surface area contributed by atoms with Crippen LogP contribution >= 0.6 is 24.0 Å². The first-order chi connectivity index (χ1) is 10.8. The first-order valence-electron chi connectivity index (χ1n) is 7.59. The first kappa shape index (κ1) is 23.2. The molecule has 1 rings (SSSR count). The Morgan fingerprint density at radius 2 is 2.12 bits per heavy atom. The lowest BCUT2D eigenvalue weighted by Crippen LogP contribution is -2.42. The number of likely N-dealkylation sites (N-methyl/N-ethyl adjacent to an activating group) is 1. The van der Waals surface area contributed by atoms with E-state index in [-0.39, 0.29) is 30.5 Å². The number of halogens is 4. The lowest BCUT2D eigenvalue weighted by molar-refractivity contribution is -0.157. The Labute approximate surface area is 157 Å². The molecule has 1 unspecified atom stereocenters. The lowest BCUT2D eigenvalue weighted by atomic mass is 10.1. The van der Waals surface area contributed by atoms with Crippen molar-refractivity contribution in [2.75, 3.05) is 53.5 Å². The van der Waals surface area contributed by atoms with Crippen LogP contribution in [0.3, 0.4) is 0 Å². The molecule has 1 aliphatic heterocycles. The average molecular weight is 466 g/mol. The van der Waals surface area contributed by atoms with E-state index in [4.69, 9.17) is 4.74 Å². The van der Waals surface area contributed by atoms with Gasteiger partial charge in [0.1, 0.15) is 13.1 Å². The third-order valence-electron chi connectivity index (χ3n) is 3.53. The molecule has 1 fully saturated rings. The molecule has 1 aliphatic rings. The molecule has 1 heterocycles. The highest BCUT2D eigenvalue weighted by Gasteiger charge is 2.31. The summed E-state index contributed by atoms with van der Waals surface area (Å²) in [6, 6.07) is 0.